The number of nitrogens with zero attached hydrogens (tertiary/aromatic N) is 1. The molecule has 1 unspecified atom stereocenters. The standard InChI is InChI=1S/C22H17NOS3/c1-24-18-11-9-17(10-12-18)23-15-19(16-6-3-2-4-7-16)22-14-21(26-27(22)23)20-8-5-13-25-20/h2-15H,1H3. The Kier molecular flexibility index (Phi) is 4.44. The number of hydrogen-bond donors (Lipinski definition) is 0. The van der Waals surface area contributed by atoms with Crippen molar-refractivity contribution in [3.8, 4) is 5.75 Å². The van der Waals surface area contributed by atoms with E-state index in [1.807, 2.05) is 22.9 Å². The van der Waals surface area contributed by atoms with Gasteiger partial charge in [0.2, 0.25) is 0 Å². The SMILES string of the molecule is COc1ccc(N2C=C(c3ccccc3)C3=S2SC(c2cccs2)=C3)cc1. The first-order chi connectivity index (χ1) is 13.3. The van der Waals surface area contributed by atoms with E-state index in [1.165, 1.54) is 31.5 Å². The molecule has 0 amide bonds. The Hall–Kier alpha value is -2.21. The van der Waals surface area contributed by atoms with Gasteiger partial charge >= 0.3 is 0 Å². The molecule has 5 rings (SSSR count). The molecule has 0 fully saturated rings. The zero-order valence-corrected chi connectivity index (χ0v) is 17.1. The van der Waals surface area contributed by atoms with Gasteiger partial charge in [-0.2, -0.15) is 0 Å². The molecular weight excluding hydrogens is 390 g/mol. The van der Waals surface area contributed by atoms with Crippen molar-refractivity contribution in [2.24, 2.45) is 0 Å². The smallest absolute Gasteiger partial charge is 0.119 e. The molecule has 3 heterocycles. The number of anilines is 1. The lowest BCUT2D eigenvalue weighted by Crippen LogP contribution is -2.03. The molecule has 0 saturated heterocycles. The van der Waals surface area contributed by atoms with E-state index in [0.29, 0.717) is 0 Å². The lowest BCUT2D eigenvalue weighted by molar-refractivity contribution is 0.415. The zero-order chi connectivity index (χ0) is 18.2. The van der Waals surface area contributed by atoms with Gasteiger partial charge in [0.1, 0.15) is 5.75 Å². The number of benzene rings is 2. The zero-order valence-electron chi connectivity index (χ0n) is 14.7. The lowest BCUT2D eigenvalue weighted by atomic mass is 10.0. The minimum atomic E-state index is -0.0632. The van der Waals surface area contributed by atoms with Gasteiger partial charge in [0, 0.05) is 26.4 Å². The predicted octanol–water partition coefficient (Wildman–Crippen LogP) is 6.68. The number of allylic oxidation sites excluding steroid dienone is 2. The van der Waals surface area contributed by atoms with E-state index in [-0.39, 0.29) is 9.70 Å². The van der Waals surface area contributed by atoms with Crippen molar-refractivity contribution < 1.29 is 4.74 Å². The van der Waals surface area contributed by atoms with Gasteiger partial charge in [0.15, 0.2) is 0 Å². The third-order valence-corrected chi connectivity index (χ3v) is 9.61. The van der Waals surface area contributed by atoms with Crippen molar-refractivity contribution in [2.75, 3.05) is 11.4 Å². The van der Waals surface area contributed by atoms with Gasteiger partial charge in [-0.05, 0) is 67.8 Å². The van der Waals surface area contributed by atoms with E-state index in [4.69, 9.17) is 4.74 Å². The Labute approximate surface area is 169 Å². The van der Waals surface area contributed by atoms with E-state index in [9.17, 15) is 0 Å². The van der Waals surface area contributed by atoms with E-state index in [2.05, 4.69) is 76.6 Å². The summed E-state index contributed by atoms with van der Waals surface area (Å²) in [6, 6.07) is 23.3. The van der Waals surface area contributed by atoms with Crippen LogP contribution >= 0.6 is 31.8 Å². The first-order valence-electron chi connectivity index (χ1n) is 8.59. The van der Waals surface area contributed by atoms with Crippen LogP contribution < -0.4 is 9.04 Å². The molecule has 2 nitrogen and oxygen atoms in total. The second-order valence-corrected chi connectivity index (χ2v) is 10.4. The van der Waals surface area contributed by atoms with E-state index < -0.39 is 0 Å². The molecule has 134 valence electrons. The highest BCUT2D eigenvalue weighted by molar-refractivity contribution is 8.88. The molecule has 3 aromatic rings. The summed E-state index contributed by atoms with van der Waals surface area (Å²) in [5.74, 6) is 0.884. The highest BCUT2D eigenvalue weighted by Crippen LogP contribution is 2.57. The maximum atomic E-state index is 5.32. The van der Waals surface area contributed by atoms with Crippen LogP contribution in [0.2, 0.25) is 0 Å². The van der Waals surface area contributed by atoms with Crippen molar-refractivity contribution in [3.05, 3.63) is 94.8 Å². The minimum absolute atomic E-state index is 0.0632. The summed E-state index contributed by atoms with van der Waals surface area (Å²) in [6.07, 6.45) is 4.67. The third kappa shape index (κ3) is 3.06. The van der Waals surface area contributed by atoms with Crippen LogP contribution in [0.3, 0.4) is 0 Å². The summed E-state index contributed by atoms with van der Waals surface area (Å²) < 4.78 is 7.73. The number of hydrogen-bond acceptors (Lipinski definition) is 4. The molecule has 27 heavy (non-hydrogen) atoms. The van der Waals surface area contributed by atoms with Crippen molar-refractivity contribution in [1.29, 1.82) is 0 Å². The molecule has 1 atom stereocenters. The molecular formula is C22H17NOS3. The Morgan fingerprint density at radius 1 is 0.926 bits per heavy atom. The fourth-order valence-corrected chi connectivity index (χ4v) is 8.47. The first kappa shape index (κ1) is 16.9. The average Bonchev–Trinajstić information content (AvgIpc) is 3.45. The Bertz CT molecular complexity index is 1060. The maximum absolute atomic E-state index is 5.32. The molecule has 5 heteroatoms. The summed E-state index contributed by atoms with van der Waals surface area (Å²) in [7, 11) is 3.60. The highest BCUT2D eigenvalue weighted by atomic mass is 33.1. The lowest BCUT2D eigenvalue weighted by Gasteiger charge is -2.20. The number of methoxy groups -OCH3 is 1. The van der Waals surface area contributed by atoms with Crippen LogP contribution in [0.15, 0.2) is 84.4 Å². The highest BCUT2D eigenvalue weighted by Gasteiger charge is 2.30. The summed E-state index contributed by atoms with van der Waals surface area (Å²) in [5, 5.41) is 2.15. The van der Waals surface area contributed by atoms with Crippen molar-refractivity contribution in [3.63, 3.8) is 0 Å². The van der Waals surface area contributed by atoms with Gasteiger partial charge in [-0.15, -0.1) is 11.3 Å². The van der Waals surface area contributed by atoms with Crippen LogP contribution in [0.4, 0.5) is 5.69 Å². The molecule has 2 aromatic carbocycles. The molecule has 0 N–H and O–H groups in total. The Morgan fingerprint density at radius 3 is 2.44 bits per heavy atom. The van der Waals surface area contributed by atoms with E-state index in [1.54, 1.807) is 18.4 Å². The fourth-order valence-electron chi connectivity index (χ4n) is 3.14. The molecule has 0 radical (unpaired) electrons. The average molecular weight is 408 g/mol. The van der Waals surface area contributed by atoms with E-state index in [0.717, 1.165) is 5.75 Å². The molecule has 1 aromatic heterocycles. The molecule has 0 saturated carbocycles. The maximum Gasteiger partial charge on any atom is 0.119 e. The summed E-state index contributed by atoms with van der Waals surface area (Å²) >= 11 is 1.81. The van der Waals surface area contributed by atoms with Gasteiger partial charge in [-0.3, -0.25) is 4.31 Å². The summed E-state index contributed by atoms with van der Waals surface area (Å²) in [6.45, 7) is 0. The van der Waals surface area contributed by atoms with Gasteiger partial charge in [0.25, 0.3) is 0 Å². The van der Waals surface area contributed by atoms with Gasteiger partial charge in [-0.25, -0.2) is 0 Å². The molecule has 0 bridgehead atoms. The Morgan fingerprint density at radius 2 is 1.74 bits per heavy atom. The molecule has 2 aliphatic heterocycles. The van der Waals surface area contributed by atoms with Crippen molar-refractivity contribution >= 4 is 52.9 Å². The van der Waals surface area contributed by atoms with Crippen LogP contribution in [-0.2, 0) is 0 Å². The number of thiophene rings is 1. The van der Waals surface area contributed by atoms with Crippen LogP contribution in [-0.4, -0.2) is 12.0 Å². The molecule has 0 spiro atoms. The monoisotopic (exact) mass is 407 g/mol. The van der Waals surface area contributed by atoms with Crippen LogP contribution in [0, 0.1) is 0 Å². The predicted molar refractivity (Wildman–Crippen MR) is 122 cm³/mol. The normalized spacial score (nSPS) is 18.3. The summed E-state index contributed by atoms with van der Waals surface area (Å²) in [4.78, 5) is 4.12. The van der Waals surface area contributed by atoms with Crippen LogP contribution in [0.5, 0.6) is 5.75 Å². The van der Waals surface area contributed by atoms with Gasteiger partial charge in [0.05, 0.1) is 12.8 Å². The summed E-state index contributed by atoms with van der Waals surface area (Å²) in [5.41, 5.74) is 3.77. The first-order valence-corrected chi connectivity index (χ1v) is 12.0. The van der Waals surface area contributed by atoms with E-state index >= 15 is 0 Å². The molecule has 2 aliphatic rings. The largest absolute Gasteiger partial charge is 0.497 e. The van der Waals surface area contributed by atoms with Crippen molar-refractivity contribution in [2.45, 2.75) is 0 Å². The Balaban J connectivity index is 1.58. The second-order valence-electron chi connectivity index (χ2n) is 6.12. The fraction of sp³-hybridized carbons (Fsp3) is 0.0455. The molecule has 0 aliphatic carbocycles. The third-order valence-electron chi connectivity index (χ3n) is 4.49. The number of rotatable bonds is 4. The van der Waals surface area contributed by atoms with Crippen LogP contribution in [0.25, 0.3) is 10.5 Å². The van der Waals surface area contributed by atoms with Gasteiger partial charge < -0.3 is 4.74 Å². The topological polar surface area (TPSA) is 12.5 Å². The second kappa shape index (κ2) is 7.08. The number of ether oxygens (including phenoxy) is 1. The quantitative estimate of drug-likeness (QED) is 0.354. The minimum Gasteiger partial charge on any atom is -0.497 e. The van der Waals surface area contributed by atoms with Crippen LogP contribution in [0.1, 0.15) is 10.4 Å². The van der Waals surface area contributed by atoms with Gasteiger partial charge in [-0.1, -0.05) is 36.4 Å². The van der Waals surface area contributed by atoms with Crippen molar-refractivity contribution in [1.82, 2.24) is 0 Å².